The van der Waals surface area contributed by atoms with Crippen molar-refractivity contribution in [1.82, 2.24) is 4.90 Å². The third-order valence-electron chi connectivity index (χ3n) is 4.08. The van der Waals surface area contributed by atoms with Gasteiger partial charge >= 0.3 is 19.5 Å². The number of hydrogen-bond acceptors (Lipinski definition) is 8. The second-order valence-corrected chi connectivity index (χ2v) is 11.0. The lowest BCUT2D eigenvalue weighted by Crippen LogP contribution is -2.42. The van der Waals surface area contributed by atoms with Crippen molar-refractivity contribution in [1.29, 1.82) is 0 Å². The summed E-state index contributed by atoms with van der Waals surface area (Å²) in [6.45, 7) is 9.26. The van der Waals surface area contributed by atoms with E-state index in [0.29, 0.717) is 19.4 Å². The van der Waals surface area contributed by atoms with Gasteiger partial charge in [-0.15, -0.1) is 0 Å². The molecule has 0 aliphatic carbocycles. The predicted molar refractivity (Wildman–Crippen MR) is 101 cm³/mol. The number of esters is 2. The van der Waals surface area contributed by atoms with Crippen molar-refractivity contribution in [3.63, 3.8) is 0 Å². The molecule has 1 heterocycles. The van der Waals surface area contributed by atoms with Crippen molar-refractivity contribution < 1.29 is 37.5 Å². The van der Waals surface area contributed by atoms with E-state index in [2.05, 4.69) is 0 Å². The van der Waals surface area contributed by atoms with Gasteiger partial charge in [-0.05, 0) is 54.4 Å². The number of nitrogens with zero attached hydrogens (tertiary/aromatic N) is 1. The molecule has 0 spiro atoms. The molecule has 1 amide bonds. The number of rotatable bonds is 7. The molecule has 1 atom stereocenters. The lowest BCUT2D eigenvalue weighted by molar-refractivity contribution is -0.162. The molecule has 0 aromatic heterocycles. The third kappa shape index (κ3) is 6.87. The largest absolute Gasteiger partial charge is 0.438 e. The van der Waals surface area contributed by atoms with Crippen LogP contribution in [0.15, 0.2) is 0 Å². The molecule has 9 nitrogen and oxygen atoms in total. The van der Waals surface area contributed by atoms with Gasteiger partial charge in [0.15, 0.2) is 0 Å². The molecule has 1 fully saturated rings. The predicted octanol–water partition coefficient (Wildman–Crippen LogP) is 2.93. The van der Waals surface area contributed by atoms with Gasteiger partial charge in [0.1, 0.15) is 5.66 Å². The summed E-state index contributed by atoms with van der Waals surface area (Å²) in [4.78, 5) is 37.7. The minimum absolute atomic E-state index is 0.293. The summed E-state index contributed by atoms with van der Waals surface area (Å²) in [6, 6.07) is 0. The average molecular weight is 421 g/mol. The van der Waals surface area contributed by atoms with Crippen LogP contribution in [0.2, 0.25) is 0 Å². The van der Waals surface area contributed by atoms with Crippen LogP contribution in [-0.4, -0.2) is 55.6 Å². The Labute approximate surface area is 166 Å². The minimum atomic E-state index is -4.05. The Bertz CT molecular complexity index is 598. The summed E-state index contributed by atoms with van der Waals surface area (Å²) in [7, 11) is -2.46. The number of carbonyl (C=O) groups is 3. The maximum atomic E-state index is 13.3. The van der Waals surface area contributed by atoms with E-state index in [0.717, 1.165) is 0 Å². The molecular formula is C18H32NO8P. The molecule has 10 heteroatoms. The first kappa shape index (κ1) is 24.6. The number of piperidine rings is 1. The smallest absolute Gasteiger partial charge is 0.348 e. The van der Waals surface area contributed by atoms with E-state index in [1.54, 1.807) is 48.6 Å². The van der Waals surface area contributed by atoms with Crippen LogP contribution >= 0.6 is 7.60 Å². The highest BCUT2D eigenvalue weighted by atomic mass is 31.2. The van der Waals surface area contributed by atoms with Gasteiger partial charge in [-0.2, -0.15) is 0 Å². The fourth-order valence-electron chi connectivity index (χ4n) is 2.26. The van der Waals surface area contributed by atoms with Crippen molar-refractivity contribution in [3.8, 4) is 0 Å². The van der Waals surface area contributed by atoms with Crippen LogP contribution in [-0.2, 0) is 37.5 Å². The summed E-state index contributed by atoms with van der Waals surface area (Å²) < 4.78 is 33.8. The zero-order valence-corrected chi connectivity index (χ0v) is 18.7. The van der Waals surface area contributed by atoms with Crippen LogP contribution in [0.4, 0.5) is 0 Å². The van der Waals surface area contributed by atoms with E-state index >= 15 is 0 Å². The molecule has 0 radical (unpaired) electrons. The van der Waals surface area contributed by atoms with Crippen molar-refractivity contribution in [2.24, 2.45) is 10.8 Å². The average Bonchev–Trinajstić information content (AvgIpc) is 2.55. The maximum absolute atomic E-state index is 13.3. The highest BCUT2D eigenvalue weighted by molar-refractivity contribution is 7.55. The van der Waals surface area contributed by atoms with E-state index < -0.39 is 49.6 Å². The Morgan fingerprint density at radius 2 is 1.43 bits per heavy atom. The molecule has 1 aliphatic heterocycles. The van der Waals surface area contributed by atoms with Gasteiger partial charge in [-0.3, -0.25) is 28.0 Å². The monoisotopic (exact) mass is 421 g/mol. The fraction of sp³-hybridized carbons (Fsp3) is 0.833. The summed E-state index contributed by atoms with van der Waals surface area (Å²) in [5.74, 6) is -1.49. The minimum Gasteiger partial charge on any atom is -0.438 e. The first-order valence-corrected chi connectivity index (χ1v) is 10.8. The first-order valence-electron chi connectivity index (χ1n) is 9.17. The molecule has 28 heavy (non-hydrogen) atoms. The van der Waals surface area contributed by atoms with Gasteiger partial charge in [-0.1, -0.05) is 0 Å². The van der Waals surface area contributed by atoms with Crippen molar-refractivity contribution >= 4 is 25.4 Å². The molecule has 1 saturated heterocycles. The van der Waals surface area contributed by atoms with Crippen LogP contribution in [0, 0.1) is 10.8 Å². The lowest BCUT2D eigenvalue weighted by Gasteiger charge is -2.33. The second-order valence-electron chi connectivity index (χ2n) is 8.82. The van der Waals surface area contributed by atoms with Crippen molar-refractivity contribution in [2.75, 3.05) is 27.2 Å². The van der Waals surface area contributed by atoms with E-state index in [9.17, 15) is 18.9 Å². The Morgan fingerprint density at radius 3 is 1.82 bits per heavy atom. The van der Waals surface area contributed by atoms with Crippen LogP contribution < -0.4 is 0 Å². The molecule has 1 aliphatic rings. The first-order chi connectivity index (χ1) is 12.7. The summed E-state index contributed by atoms with van der Waals surface area (Å²) in [5.41, 5.74) is -2.58. The van der Waals surface area contributed by atoms with Gasteiger partial charge in [-0.25, -0.2) is 0 Å². The van der Waals surface area contributed by atoms with Gasteiger partial charge < -0.3 is 14.4 Å². The molecular weight excluding hydrogens is 389 g/mol. The molecule has 162 valence electrons. The molecule has 1 unspecified atom stereocenters. The standard InChI is InChI=1S/C18H32NO8P/c1-17(2,3)15(21)24-11-26-28(23,13-9-8-10-19(7)14(13)20)27-12-25-16(22)18(4,5)6/h13H,8-12H2,1-7H3. The normalized spacial score (nSPS) is 18.8. The van der Waals surface area contributed by atoms with Crippen LogP contribution in [0.1, 0.15) is 54.4 Å². The van der Waals surface area contributed by atoms with Crippen molar-refractivity contribution in [3.05, 3.63) is 0 Å². The highest BCUT2D eigenvalue weighted by Crippen LogP contribution is 2.56. The fourth-order valence-corrected chi connectivity index (χ4v) is 4.06. The maximum Gasteiger partial charge on any atom is 0.348 e. The highest BCUT2D eigenvalue weighted by Gasteiger charge is 2.45. The van der Waals surface area contributed by atoms with Crippen LogP contribution in [0.3, 0.4) is 0 Å². The zero-order valence-electron chi connectivity index (χ0n) is 17.8. The van der Waals surface area contributed by atoms with Crippen molar-refractivity contribution in [2.45, 2.75) is 60.0 Å². The van der Waals surface area contributed by atoms with E-state index in [4.69, 9.17) is 18.5 Å². The molecule has 0 saturated carbocycles. The number of carbonyl (C=O) groups excluding carboxylic acids is 3. The Balaban J connectivity index is 2.84. The summed E-state index contributed by atoms with van der Waals surface area (Å²) in [5, 5.41) is 0. The zero-order chi connectivity index (χ0) is 21.8. The van der Waals surface area contributed by atoms with E-state index in [-0.39, 0.29) is 5.91 Å². The summed E-state index contributed by atoms with van der Waals surface area (Å²) >= 11 is 0. The quantitative estimate of drug-likeness (QED) is 0.351. The topological polar surface area (TPSA) is 108 Å². The number of hydrogen-bond donors (Lipinski definition) is 0. The van der Waals surface area contributed by atoms with Crippen LogP contribution in [0.25, 0.3) is 0 Å². The van der Waals surface area contributed by atoms with E-state index in [1.807, 2.05) is 0 Å². The molecule has 0 aromatic rings. The van der Waals surface area contributed by atoms with Gasteiger partial charge in [0, 0.05) is 13.6 Å². The Hall–Kier alpha value is -1.44. The number of amides is 1. The van der Waals surface area contributed by atoms with Gasteiger partial charge in [0.25, 0.3) is 0 Å². The Morgan fingerprint density at radius 1 is 1.00 bits per heavy atom. The second kappa shape index (κ2) is 9.37. The van der Waals surface area contributed by atoms with Gasteiger partial charge in [0.2, 0.25) is 19.5 Å². The third-order valence-corrected chi connectivity index (χ3v) is 6.26. The molecule has 0 bridgehead atoms. The molecule has 1 rings (SSSR count). The SMILES string of the molecule is CN1CCCC(P(=O)(OCOC(=O)C(C)(C)C)OCOC(=O)C(C)(C)C)C1=O. The van der Waals surface area contributed by atoms with Crippen LogP contribution in [0.5, 0.6) is 0 Å². The summed E-state index contributed by atoms with van der Waals surface area (Å²) in [6.07, 6.45) is 0.911. The number of likely N-dealkylation sites (tertiary alicyclic amines) is 1. The Kier molecular flexibility index (Phi) is 8.23. The lowest BCUT2D eigenvalue weighted by atomic mass is 9.98. The molecule has 0 N–H and O–H groups in total. The van der Waals surface area contributed by atoms with Gasteiger partial charge in [0.05, 0.1) is 10.8 Å². The number of ether oxygens (including phenoxy) is 2. The molecule has 0 aromatic carbocycles. The van der Waals surface area contributed by atoms with E-state index in [1.165, 1.54) is 4.90 Å².